The molecule has 1 aliphatic rings. The van der Waals surface area contributed by atoms with Crippen LogP contribution in [0.3, 0.4) is 0 Å². The van der Waals surface area contributed by atoms with Gasteiger partial charge in [0.05, 0.1) is 6.04 Å². The van der Waals surface area contributed by atoms with E-state index in [9.17, 15) is 14.4 Å². The van der Waals surface area contributed by atoms with Crippen LogP contribution in [-0.2, 0) is 16.1 Å². The van der Waals surface area contributed by atoms with Crippen molar-refractivity contribution in [2.75, 3.05) is 11.4 Å². The lowest BCUT2D eigenvalue weighted by Crippen LogP contribution is -2.38. The van der Waals surface area contributed by atoms with E-state index in [1.165, 1.54) is 4.57 Å². The Bertz CT molecular complexity index is 918. The predicted molar refractivity (Wildman–Crippen MR) is 103 cm³/mol. The fourth-order valence-corrected chi connectivity index (χ4v) is 3.34. The van der Waals surface area contributed by atoms with Crippen LogP contribution in [0, 0.1) is 20.8 Å². The van der Waals surface area contributed by atoms with Crippen LogP contribution in [0.1, 0.15) is 29.8 Å². The number of nitrogens with one attached hydrogen (secondary N) is 1. The van der Waals surface area contributed by atoms with Crippen molar-refractivity contribution in [3.63, 3.8) is 0 Å². The molecule has 2 aromatic rings. The molecule has 1 N–H and O–H groups in total. The largest absolute Gasteiger partial charge is 0.351 e. The zero-order valence-corrected chi connectivity index (χ0v) is 15.9. The van der Waals surface area contributed by atoms with E-state index in [2.05, 4.69) is 10.3 Å². The maximum absolute atomic E-state index is 12.3. The van der Waals surface area contributed by atoms with E-state index in [0.29, 0.717) is 12.2 Å². The van der Waals surface area contributed by atoms with E-state index in [0.717, 1.165) is 16.9 Å². The van der Waals surface area contributed by atoms with Crippen molar-refractivity contribution >= 4 is 17.5 Å². The summed E-state index contributed by atoms with van der Waals surface area (Å²) in [6, 6.07) is 9.34. The second-order valence-corrected chi connectivity index (χ2v) is 7.03. The third kappa shape index (κ3) is 4.42. The van der Waals surface area contributed by atoms with Crippen LogP contribution < -0.4 is 15.9 Å². The normalized spacial score (nSPS) is 16.6. The number of rotatable bonds is 5. The smallest absolute Gasteiger partial charge is 0.347 e. The molecule has 1 fully saturated rings. The van der Waals surface area contributed by atoms with Gasteiger partial charge in [0.1, 0.15) is 0 Å². The van der Waals surface area contributed by atoms with E-state index < -0.39 is 0 Å². The maximum Gasteiger partial charge on any atom is 0.347 e. The van der Waals surface area contributed by atoms with Crippen LogP contribution in [0.25, 0.3) is 0 Å². The Morgan fingerprint density at radius 3 is 2.56 bits per heavy atom. The molecule has 7 heteroatoms. The lowest BCUT2D eigenvalue weighted by atomic mass is 10.2. The number of aryl methyl sites for hydroxylation is 3. The Balaban J connectivity index is 1.57. The van der Waals surface area contributed by atoms with Gasteiger partial charge in [-0.05, 0) is 39.0 Å². The average molecular weight is 368 g/mol. The molecule has 3 rings (SSSR count). The zero-order chi connectivity index (χ0) is 19.6. The van der Waals surface area contributed by atoms with Gasteiger partial charge in [-0.2, -0.15) is 4.98 Å². The molecular weight excluding hydrogens is 344 g/mol. The molecule has 27 heavy (non-hydrogen) atoms. The number of amides is 2. The predicted octanol–water partition coefficient (Wildman–Crippen LogP) is 1.48. The van der Waals surface area contributed by atoms with Gasteiger partial charge in [0.2, 0.25) is 11.8 Å². The zero-order valence-electron chi connectivity index (χ0n) is 15.9. The van der Waals surface area contributed by atoms with Gasteiger partial charge in [-0.1, -0.05) is 17.7 Å². The highest BCUT2D eigenvalue weighted by Crippen LogP contribution is 2.22. The molecule has 0 bridgehead atoms. The number of carbonyl (C=O) groups excluding carboxylic acids is 2. The van der Waals surface area contributed by atoms with E-state index in [-0.39, 0.29) is 42.9 Å². The molecule has 1 unspecified atom stereocenters. The monoisotopic (exact) mass is 368 g/mol. The quantitative estimate of drug-likeness (QED) is 0.866. The fourth-order valence-electron chi connectivity index (χ4n) is 3.34. The lowest BCUT2D eigenvalue weighted by molar-refractivity contribution is -0.122. The molecule has 1 atom stereocenters. The highest BCUT2D eigenvalue weighted by atomic mass is 16.2. The second-order valence-electron chi connectivity index (χ2n) is 7.03. The number of carbonyl (C=O) groups is 2. The minimum Gasteiger partial charge on any atom is -0.351 e. The molecule has 0 spiro atoms. The van der Waals surface area contributed by atoms with Crippen LogP contribution in [0.5, 0.6) is 0 Å². The summed E-state index contributed by atoms with van der Waals surface area (Å²) < 4.78 is 1.49. The number of nitrogens with zero attached hydrogens (tertiary/aromatic N) is 3. The first kappa shape index (κ1) is 18.8. The third-order valence-electron chi connectivity index (χ3n) is 4.74. The SMILES string of the molecule is Cc1ccc(N2CC(NC(=O)CCn3c(C)cc(C)nc3=O)CC2=O)cc1. The Labute approximate surface area is 158 Å². The lowest BCUT2D eigenvalue weighted by Gasteiger charge is -2.17. The molecule has 0 aliphatic carbocycles. The van der Waals surface area contributed by atoms with Crippen molar-refractivity contribution in [1.29, 1.82) is 0 Å². The molecule has 2 heterocycles. The van der Waals surface area contributed by atoms with Crippen molar-refractivity contribution in [3.05, 3.63) is 57.8 Å². The van der Waals surface area contributed by atoms with Crippen LogP contribution in [-0.4, -0.2) is 34.0 Å². The minimum absolute atomic E-state index is 0.000971. The van der Waals surface area contributed by atoms with E-state index in [4.69, 9.17) is 0 Å². The van der Waals surface area contributed by atoms with Gasteiger partial charge in [0.25, 0.3) is 0 Å². The molecular formula is C20H24N4O3. The van der Waals surface area contributed by atoms with Crippen molar-refractivity contribution < 1.29 is 9.59 Å². The summed E-state index contributed by atoms with van der Waals surface area (Å²) in [6.45, 7) is 6.31. The second kappa shape index (κ2) is 7.73. The summed E-state index contributed by atoms with van der Waals surface area (Å²) in [6.07, 6.45) is 0.450. The Hall–Kier alpha value is -2.96. The first-order chi connectivity index (χ1) is 12.8. The van der Waals surface area contributed by atoms with Crippen LogP contribution >= 0.6 is 0 Å². The van der Waals surface area contributed by atoms with E-state index >= 15 is 0 Å². The van der Waals surface area contributed by atoms with Gasteiger partial charge in [-0.3, -0.25) is 14.2 Å². The Kier molecular flexibility index (Phi) is 5.39. The van der Waals surface area contributed by atoms with Gasteiger partial charge in [-0.15, -0.1) is 0 Å². The summed E-state index contributed by atoms with van der Waals surface area (Å²) in [4.78, 5) is 42.1. The molecule has 1 aromatic carbocycles. The van der Waals surface area contributed by atoms with Gasteiger partial charge in [-0.25, -0.2) is 4.79 Å². The number of benzene rings is 1. The molecule has 1 saturated heterocycles. The molecule has 142 valence electrons. The fraction of sp³-hybridized carbons (Fsp3) is 0.400. The summed E-state index contributed by atoms with van der Waals surface area (Å²) in [5.41, 5.74) is 3.07. The molecule has 0 saturated carbocycles. The first-order valence-electron chi connectivity index (χ1n) is 9.05. The van der Waals surface area contributed by atoms with E-state index in [1.807, 2.05) is 44.2 Å². The average Bonchev–Trinajstić information content (AvgIpc) is 2.94. The Morgan fingerprint density at radius 2 is 1.89 bits per heavy atom. The standard InChI is InChI=1S/C20H24N4O3/c1-13-4-6-17(7-5-13)24-12-16(11-19(24)26)22-18(25)8-9-23-15(3)10-14(2)21-20(23)27/h4-7,10,16H,8-9,11-12H2,1-3H3,(H,22,25). The van der Waals surface area contributed by atoms with Gasteiger partial charge in [0.15, 0.2) is 0 Å². The molecule has 1 aromatic heterocycles. The first-order valence-corrected chi connectivity index (χ1v) is 9.05. The third-order valence-corrected chi connectivity index (χ3v) is 4.74. The highest BCUT2D eigenvalue weighted by Gasteiger charge is 2.31. The van der Waals surface area contributed by atoms with Gasteiger partial charge >= 0.3 is 5.69 Å². The number of anilines is 1. The maximum atomic E-state index is 12.3. The molecule has 1 aliphatic heterocycles. The van der Waals surface area contributed by atoms with Crippen molar-refractivity contribution in [2.45, 2.75) is 46.2 Å². The summed E-state index contributed by atoms with van der Waals surface area (Å²) in [5.74, 6) is -0.176. The summed E-state index contributed by atoms with van der Waals surface area (Å²) >= 11 is 0. The van der Waals surface area contributed by atoms with E-state index in [1.54, 1.807) is 11.8 Å². The van der Waals surface area contributed by atoms with Crippen molar-refractivity contribution in [3.8, 4) is 0 Å². The molecule has 0 radical (unpaired) electrons. The summed E-state index contributed by atoms with van der Waals surface area (Å²) in [7, 11) is 0. The molecule has 2 amide bonds. The minimum atomic E-state index is -0.345. The number of aromatic nitrogens is 2. The number of hydrogen-bond acceptors (Lipinski definition) is 4. The molecule has 7 nitrogen and oxygen atoms in total. The topological polar surface area (TPSA) is 84.3 Å². The van der Waals surface area contributed by atoms with Gasteiger partial charge < -0.3 is 10.2 Å². The van der Waals surface area contributed by atoms with Crippen LogP contribution in [0.2, 0.25) is 0 Å². The van der Waals surface area contributed by atoms with Crippen LogP contribution in [0.15, 0.2) is 35.1 Å². The van der Waals surface area contributed by atoms with Gasteiger partial charge in [0, 0.05) is 43.0 Å². The van der Waals surface area contributed by atoms with Crippen molar-refractivity contribution in [2.24, 2.45) is 0 Å². The summed E-state index contributed by atoms with van der Waals surface area (Å²) in [5, 5.41) is 2.90. The van der Waals surface area contributed by atoms with Crippen molar-refractivity contribution in [1.82, 2.24) is 14.9 Å². The van der Waals surface area contributed by atoms with Crippen LogP contribution in [0.4, 0.5) is 5.69 Å². The Morgan fingerprint density at radius 1 is 1.19 bits per heavy atom. The highest BCUT2D eigenvalue weighted by molar-refractivity contribution is 5.96. The number of hydrogen-bond donors (Lipinski definition) is 1.